The predicted molar refractivity (Wildman–Crippen MR) is 70.4 cm³/mol. The molecule has 2 aromatic rings. The minimum absolute atomic E-state index is 0.133. The lowest BCUT2D eigenvalue weighted by atomic mass is 10.0. The van der Waals surface area contributed by atoms with Crippen LogP contribution in [-0.4, -0.2) is 18.1 Å². The molecule has 1 heterocycles. The van der Waals surface area contributed by atoms with E-state index < -0.39 is 0 Å². The monoisotopic (exact) mass is 230 g/mol. The molecule has 0 radical (unpaired) electrons. The molecule has 1 unspecified atom stereocenters. The van der Waals surface area contributed by atoms with Gasteiger partial charge in [0, 0.05) is 23.2 Å². The highest BCUT2D eigenvalue weighted by molar-refractivity contribution is 5.87. The highest BCUT2D eigenvalue weighted by Gasteiger charge is 2.09. The number of benzene rings is 1. The van der Waals surface area contributed by atoms with Crippen molar-refractivity contribution in [1.82, 2.24) is 4.98 Å². The van der Waals surface area contributed by atoms with E-state index in [0.29, 0.717) is 0 Å². The van der Waals surface area contributed by atoms with Crippen molar-refractivity contribution in [1.29, 1.82) is 0 Å². The first-order valence-corrected chi connectivity index (χ1v) is 5.80. The van der Waals surface area contributed by atoms with E-state index in [2.05, 4.69) is 11.1 Å². The van der Waals surface area contributed by atoms with Crippen molar-refractivity contribution in [3.05, 3.63) is 35.5 Å². The normalized spacial score (nSPS) is 12.7. The average Bonchev–Trinajstić information content (AvgIpc) is 2.28. The fraction of sp³-hybridized carbons (Fsp3) is 0.357. The summed E-state index contributed by atoms with van der Waals surface area (Å²) in [5.74, 6) is 0.874. The number of hydrogen-bond acceptors (Lipinski definition) is 3. The molecule has 0 saturated heterocycles. The van der Waals surface area contributed by atoms with Gasteiger partial charge >= 0.3 is 0 Å². The summed E-state index contributed by atoms with van der Waals surface area (Å²) in [5.41, 5.74) is 9.01. The largest absolute Gasteiger partial charge is 0.496 e. The van der Waals surface area contributed by atoms with Gasteiger partial charge in [0.25, 0.3) is 0 Å². The molecule has 0 fully saturated rings. The molecular weight excluding hydrogens is 212 g/mol. The van der Waals surface area contributed by atoms with Gasteiger partial charge in [-0.25, -0.2) is 0 Å². The molecule has 0 spiro atoms. The summed E-state index contributed by atoms with van der Waals surface area (Å²) in [5, 5.41) is 1.05. The third kappa shape index (κ3) is 2.39. The van der Waals surface area contributed by atoms with Crippen LogP contribution in [0.25, 0.3) is 10.9 Å². The highest BCUT2D eigenvalue weighted by atomic mass is 16.5. The topological polar surface area (TPSA) is 48.1 Å². The highest BCUT2D eigenvalue weighted by Crippen LogP contribution is 2.27. The van der Waals surface area contributed by atoms with Crippen molar-refractivity contribution >= 4 is 10.9 Å². The first-order chi connectivity index (χ1) is 8.11. The van der Waals surface area contributed by atoms with Crippen molar-refractivity contribution in [3.8, 4) is 5.75 Å². The lowest BCUT2D eigenvalue weighted by Crippen LogP contribution is -2.18. The first kappa shape index (κ1) is 11.9. The number of pyridine rings is 1. The zero-order valence-electron chi connectivity index (χ0n) is 10.5. The van der Waals surface area contributed by atoms with Crippen molar-refractivity contribution in [3.63, 3.8) is 0 Å². The fourth-order valence-corrected chi connectivity index (χ4v) is 2.08. The maximum absolute atomic E-state index is 5.87. The number of ether oxygens (including phenoxy) is 1. The lowest BCUT2D eigenvalue weighted by Gasteiger charge is -2.11. The quantitative estimate of drug-likeness (QED) is 0.881. The van der Waals surface area contributed by atoms with Crippen molar-refractivity contribution in [2.75, 3.05) is 7.11 Å². The maximum atomic E-state index is 5.87. The Balaban J connectivity index is 2.66. The SMILES string of the molecule is COc1cc(C)nc2c(CC(C)N)cccc12. The van der Waals surface area contributed by atoms with Gasteiger partial charge in [0.15, 0.2) is 0 Å². The Bertz CT molecular complexity index is 535. The van der Waals surface area contributed by atoms with E-state index in [4.69, 9.17) is 10.5 Å². The summed E-state index contributed by atoms with van der Waals surface area (Å²) in [6, 6.07) is 8.23. The molecule has 1 atom stereocenters. The van der Waals surface area contributed by atoms with Gasteiger partial charge in [0.05, 0.1) is 12.6 Å². The van der Waals surface area contributed by atoms with Crippen molar-refractivity contribution in [2.24, 2.45) is 5.73 Å². The number of aromatic nitrogens is 1. The fourth-order valence-electron chi connectivity index (χ4n) is 2.08. The Kier molecular flexibility index (Phi) is 3.29. The number of hydrogen-bond donors (Lipinski definition) is 1. The Morgan fingerprint density at radius 1 is 1.41 bits per heavy atom. The van der Waals surface area contributed by atoms with E-state index in [1.54, 1.807) is 7.11 Å². The van der Waals surface area contributed by atoms with Gasteiger partial charge in [0.2, 0.25) is 0 Å². The minimum atomic E-state index is 0.133. The molecule has 2 rings (SSSR count). The van der Waals surface area contributed by atoms with Crippen LogP contribution in [0.1, 0.15) is 18.2 Å². The Morgan fingerprint density at radius 2 is 2.18 bits per heavy atom. The summed E-state index contributed by atoms with van der Waals surface area (Å²) in [7, 11) is 1.69. The third-order valence-electron chi connectivity index (χ3n) is 2.77. The third-order valence-corrected chi connectivity index (χ3v) is 2.77. The average molecular weight is 230 g/mol. The standard InChI is InChI=1S/C14H18N2O/c1-9(15)7-11-5-4-6-12-13(17-3)8-10(2)16-14(11)12/h4-6,8-9H,7,15H2,1-3H3. The molecule has 1 aromatic carbocycles. The van der Waals surface area contributed by atoms with Crippen LogP contribution >= 0.6 is 0 Å². The van der Waals surface area contributed by atoms with Crippen LogP contribution in [0, 0.1) is 6.92 Å². The molecule has 1 aromatic heterocycles. The first-order valence-electron chi connectivity index (χ1n) is 5.80. The van der Waals surface area contributed by atoms with E-state index in [0.717, 1.165) is 28.8 Å². The zero-order valence-corrected chi connectivity index (χ0v) is 10.5. The van der Waals surface area contributed by atoms with Crippen molar-refractivity contribution in [2.45, 2.75) is 26.3 Å². The molecule has 0 aliphatic rings. The summed E-state index contributed by atoms with van der Waals surface area (Å²) in [6.07, 6.45) is 0.830. The molecule has 2 N–H and O–H groups in total. The predicted octanol–water partition coefficient (Wildman–Crippen LogP) is 2.44. The van der Waals surface area contributed by atoms with Gasteiger partial charge in [0.1, 0.15) is 5.75 Å². The van der Waals surface area contributed by atoms with E-state index in [-0.39, 0.29) is 6.04 Å². The van der Waals surface area contributed by atoms with E-state index >= 15 is 0 Å². The van der Waals surface area contributed by atoms with Crippen LogP contribution in [0.5, 0.6) is 5.75 Å². The second kappa shape index (κ2) is 4.72. The van der Waals surface area contributed by atoms with Gasteiger partial charge in [-0.2, -0.15) is 0 Å². The molecule has 90 valence electrons. The lowest BCUT2D eigenvalue weighted by molar-refractivity contribution is 0.419. The van der Waals surface area contributed by atoms with Gasteiger partial charge in [-0.1, -0.05) is 12.1 Å². The molecule has 0 amide bonds. The summed E-state index contributed by atoms with van der Waals surface area (Å²) in [4.78, 5) is 4.60. The number of nitrogens with zero attached hydrogens (tertiary/aromatic N) is 1. The summed E-state index contributed by atoms with van der Waals surface area (Å²) >= 11 is 0. The van der Waals surface area contributed by atoms with Gasteiger partial charge in [-0.3, -0.25) is 4.98 Å². The molecule has 0 aliphatic carbocycles. The number of rotatable bonds is 3. The second-order valence-corrected chi connectivity index (χ2v) is 4.46. The Hall–Kier alpha value is -1.61. The molecule has 3 heteroatoms. The number of fused-ring (bicyclic) bond motifs is 1. The van der Waals surface area contributed by atoms with Crippen molar-refractivity contribution < 1.29 is 4.74 Å². The van der Waals surface area contributed by atoms with E-state index in [1.807, 2.05) is 32.0 Å². The number of nitrogens with two attached hydrogens (primary N) is 1. The van der Waals surface area contributed by atoms with Crippen LogP contribution in [0.3, 0.4) is 0 Å². The molecule has 0 saturated carbocycles. The zero-order chi connectivity index (χ0) is 12.4. The van der Waals surface area contributed by atoms with Gasteiger partial charge < -0.3 is 10.5 Å². The minimum Gasteiger partial charge on any atom is -0.496 e. The van der Waals surface area contributed by atoms with Crippen LogP contribution in [0.2, 0.25) is 0 Å². The number of methoxy groups -OCH3 is 1. The molecule has 0 aliphatic heterocycles. The second-order valence-electron chi connectivity index (χ2n) is 4.46. The Morgan fingerprint density at radius 3 is 2.82 bits per heavy atom. The molecular formula is C14H18N2O. The van der Waals surface area contributed by atoms with Crippen LogP contribution in [0.15, 0.2) is 24.3 Å². The number of aryl methyl sites for hydroxylation is 1. The van der Waals surface area contributed by atoms with Crippen LogP contribution in [-0.2, 0) is 6.42 Å². The smallest absolute Gasteiger partial charge is 0.130 e. The summed E-state index contributed by atoms with van der Waals surface area (Å²) < 4.78 is 5.40. The molecule has 17 heavy (non-hydrogen) atoms. The van der Waals surface area contributed by atoms with E-state index in [9.17, 15) is 0 Å². The van der Waals surface area contributed by atoms with Gasteiger partial charge in [-0.05, 0) is 31.9 Å². The molecule has 0 bridgehead atoms. The van der Waals surface area contributed by atoms with Crippen LogP contribution in [0.4, 0.5) is 0 Å². The Labute approximate surface area is 102 Å². The maximum Gasteiger partial charge on any atom is 0.130 e. The summed E-state index contributed by atoms with van der Waals surface area (Å²) in [6.45, 7) is 3.98. The van der Waals surface area contributed by atoms with E-state index in [1.165, 1.54) is 5.56 Å². The number of para-hydroxylation sites is 1. The molecule has 3 nitrogen and oxygen atoms in total. The van der Waals surface area contributed by atoms with Crippen LogP contribution < -0.4 is 10.5 Å². The van der Waals surface area contributed by atoms with Gasteiger partial charge in [-0.15, -0.1) is 0 Å².